The van der Waals surface area contributed by atoms with Gasteiger partial charge in [0.1, 0.15) is 0 Å². The molecule has 1 aromatic rings. The molecule has 0 spiro atoms. The number of rotatable bonds is 5. The topological polar surface area (TPSA) is 44.4 Å². The highest BCUT2D eigenvalue weighted by Gasteiger charge is 2.29. The molecule has 0 bridgehead atoms. The molecule has 1 aromatic carbocycles. The van der Waals surface area contributed by atoms with Crippen molar-refractivity contribution < 1.29 is 4.79 Å². The van der Waals surface area contributed by atoms with Crippen molar-refractivity contribution in [3.63, 3.8) is 0 Å². The molecule has 4 heteroatoms. The van der Waals surface area contributed by atoms with Gasteiger partial charge in [-0.2, -0.15) is 0 Å². The predicted molar refractivity (Wildman–Crippen MR) is 90.6 cm³/mol. The number of amides is 1. The molecule has 1 fully saturated rings. The number of hydrogen-bond acceptors (Lipinski definition) is 3. The average Bonchev–Trinajstić information content (AvgIpc) is 2.76. The minimum atomic E-state index is -0.167. The van der Waals surface area contributed by atoms with Crippen LogP contribution in [0.3, 0.4) is 0 Å². The number of hydrogen-bond donors (Lipinski definition) is 2. The summed E-state index contributed by atoms with van der Waals surface area (Å²) in [5.74, 6) is 0.632. The second-order valence-electron chi connectivity index (χ2n) is 7.44. The molecule has 0 unspecified atom stereocenters. The third kappa shape index (κ3) is 5.43. The van der Waals surface area contributed by atoms with E-state index in [1.54, 1.807) is 0 Å². The van der Waals surface area contributed by atoms with Crippen LogP contribution in [-0.2, 0) is 11.3 Å². The van der Waals surface area contributed by atoms with Gasteiger partial charge >= 0.3 is 0 Å². The van der Waals surface area contributed by atoms with Crippen molar-refractivity contribution in [1.29, 1.82) is 0 Å². The molecule has 0 radical (unpaired) electrons. The molecule has 1 aliphatic heterocycles. The van der Waals surface area contributed by atoms with Gasteiger partial charge in [0.15, 0.2) is 0 Å². The molecule has 1 aliphatic rings. The fourth-order valence-corrected chi connectivity index (χ4v) is 2.99. The van der Waals surface area contributed by atoms with E-state index in [4.69, 9.17) is 0 Å². The zero-order valence-electron chi connectivity index (χ0n) is 14.2. The number of carbonyl (C=O) groups excluding carboxylic acids is 1. The van der Waals surface area contributed by atoms with Gasteiger partial charge < -0.3 is 10.6 Å². The van der Waals surface area contributed by atoms with E-state index < -0.39 is 0 Å². The van der Waals surface area contributed by atoms with Gasteiger partial charge in [0.2, 0.25) is 5.91 Å². The number of carbonyl (C=O) groups is 1. The van der Waals surface area contributed by atoms with Crippen LogP contribution in [0.4, 0.5) is 0 Å². The van der Waals surface area contributed by atoms with Crippen LogP contribution in [0.2, 0.25) is 0 Å². The molecule has 1 amide bonds. The summed E-state index contributed by atoms with van der Waals surface area (Å²) in [6, 6.07) is 10.9. The largest absolute Gasteiger partial charge is 0.350 e. The summed E-state index contributed by atoms with van der Waals surface area (Å²) in [5, 5.41) is 6.41. The van der Waals surface area contributed by atoms with E-state index in [1.807, 2.05) is 26.8 Å². The summed E-state index contributed by atoms with van der Waals surface area (Å²) in [7, 11) is 0. The van der Waals surface area contributed by atoms with E-state index in [-0.39, 0.29) is 11.4 Å². The molecule has 2 N–H and O–H groups in total. The monoisotopic (exact) mass is 303 g/mol. The maximum atomic E-state index is 11.9. The highest BCUT2D eigenvalue weighted by molar-refractivity contribution is 5.78. The van der Waals surface area contributed by atoms with E-state index >= 15 is 0 Å². The summed E-state index contributed by atoms with van der Waals surface area (Å²) in [5.41, 5.74) is 1.18. The Morgan fingerprint density at radius 2 is 1.91 bits per heavy atom. The molecule has 122 valence electrons. The molecule has 0 aliphatic carbocycles. The smallest absolute Gasteiger partial charge is 0.234 e. The van der Waals surface area contributed by atoms with Crippen molar-refractivity contribution in [3.8, 4) is 0 Å². The molecule has 22 heavy (non-hydrogen) atoms. The summed E-state index contributed by atoms with van der Waals surface area (Å²) in [6.45, 7) is 11.7. The molecular formula is C18H29N3O. The Labute approximate surface area is 134 Å². The van der Waals surface area contributed by atoms with Crippen LogP contribution >= 0.6 is 0 Å². The van der Waals surface area contributed by atoms with E-state index in [1.165, 1.54) is 5.56 Å². The highest BCUT2D eigenvalue weighted by atomic mass is 16.2. The Hall–Kier alpha value is -1.39. The minimum Gasteiger partial charge on any atom is -0.350 e. The van der Waals surface area contributed by atoms with Crippen molar-refractivity contribution in [2.45, 2.75) is 45.8 Å². The number of nitrogens with one attached hydrogen (secondary N) is 2. The first-order valence-electron chi connectivity index (χ1n) is 8.14. The SMILES string of the molecule is C[C@@H]1CN(Cc2ccccc2)C[C@@H]1NCC(=O)NC(C)(C)C. The quantitative estimate of drug-likeness (QED) is 0.874. The third-order valence-corrected chi connectivity index (χ3v) is 3.98. The lowest BCUT2D eigenvalue weighted by atomic mass is 10.1. The van der Waals surface area contributed by atoms with Crippen molar-refractivity contribution in [3.05, 3.63) is 35.9 Å². The Balaban J connectivity index is 1.78. The number of nitrogens with zero attached hydrogens (tertiary/aromatic N) is 1. The summed E-state index contributed by atoms with van der Waals surface area (Å²) in [4.78, 5) is 14.4. The van der Waals surface area contributed by atoms with Gasteiger partial charge in [-0.3, -0.25) is 9.69 Å². The summed E-state index contributed by atoms with van der Waals surface area (Å²) >= 11 is 0. The predicted octanol–water partition coefficient (Wildman–Crippen LogP) is 2.01. The van der Waals surface area contributed by atoms with E-state index in [0.29, 0.717) is 18.5 Å². The van der Waals surface area contributed by atoms with E-state index in [9.17, 15) is 4.79 Å². The average molecular weight is 303 g/mol. The van der Waals surface area contributed by atoms with E-state index in [2.05, 4.69) is 46.7 Å². The second kappa shape index (κ2) is 7.25. The van der Waals surface area contributed by atoms with Gasteiger partial charge in [-0.05, 0) is 32.3 Å². The molecule has 2 atom stereocenters. The highest BCUT2D eigenvalue weighted by Crippen LogP contribution is 2.18. The third-order valence-electron chi connectivity index (χ3n) is 3.98. The first-order chi connectivity index (χ1) is 10.3. The molecule has 4 nitrogen and oxygen atoms in total. The first-order valence-corrected chi connectivity index (χ1v) is 8.14. The van der Waals surface area contributed by atoms with Gasteiger partial charge in [-0.15, -0.1) is 0 Å². The lowest BCUT2D eigenvalue weighted by Crippen LogP contribution is -2.47. The van der Waals surface area contributed by atoms with Crippen molar-refractivity contribution in [2.75, 3.05) is 19.6 Å². The van der Waals surface area contributed by atoms with Crippen molar-refractivity contribution >= 4 is 5.91 Å². The summed E-state index contributed by atoms with van der Waals surface area (Å²) < 4.78 is 0. The number of likely N-dealkylation sites (tertiary alicyclic amines) is 1. The lowest BCUT2D eigenvalue weighted by molar-refractivity contribution is -0.121. The summed E-state index contributed by atoms with van der Waals surface area (Å²) in [6.07, 6.45) is 0. The van der Waals surface area contributed by atoms with E-state index in [0.717, 1.165) is 19.6 Å². The van der Waals surface area contributed by atoms with Crippen LogP contribution in [0.25, 0.3) is 0 Å². The fourth-order valence-electron chi connectivity index (χ4n) is 2.99. The van der Waals surface area contributed by atoms with Crippen molar-refractivity contribution in [1.82, 2.24) is 15.5 Å². The van der Waals surface area contributed by atoms with Gasteiger partial charge in [0.25, 0.3) is 0 Å². The zero-order chi connectivity index (χ0) is 16.2. The van der Waals surface area contributed by atoms with Crippen molar-refractivity contribution in [2.24, 2.45) is 5.92 Å². The molecule has 1 heterocycles. The molecule has 1 saturated heterocycles. The fraction of sp³-hybridized carbons (Fsp3) is 0.611. The maximum Gasteiger partial charge on any atom is 0.234 e. The van der Waals surface area contributed by atoms with Crippen LogP contribution in [0.15, 0.2) is 30.3 Å². The zero-order valence-corrected chi connectivity index (χ0v) is 14.2. The van der Waals surface area contributed by atoms with Gasteiger partial charge in [0.05, 0.1) is 6.54 Å². The first kappa shape index (κ1) is 17.0. The van der Waals surface area contributed by atoms with Crippen LogP contribution in [0.5, 0.6) is 0 Å². The lowest BCUT2D eigenvalue weighted by Gasteiger charge is -2.22. The standard InChI is InChI=1S/C18H29N3O/c1-14-11-21(12-15-8-6-5-7-9-15)13-16(14)19-10-17(22)20-18(2,3)4/h5-9,14,16,19H,10-13H2,1-4H3,(H,20,22)/t14-,16+/m1/s1. The Morgan fingerprint density at radius 1 is 1.23 bits per heavy atom. The van der Waals surface area contributed by atoms with Crippen LogP contribution in [-0.4, -0.2) is 42.0 Å². The Bertz CT molecular complexity index is 481. The normalized spacial score (nSPS) is 22.7. The Kier molecular flexibility index (Phi) is 5.59. The minimum absolute atomic E-state index is 0.0706. The molecule has 0 aromatic heterocycles. The maximum absolute atomic E-state index is 11.9. The second-order valence-corrected chi connectivity index (χ2v) is 7.44. The van der Waals surface area contributed by atoms with Crippen LogP contribution in [0, 0.1) is 5.92 Å². The molecular weight excluding hydrogens is 274 g/mol. The molecule has 0 saturated carbocycles. The van der Waals surface area contributed by atoms with Gasteiger partial charge in [-0.25, -0.2) is 0 Å². The molecule has 2 rings (SSSR count). The van der Waals surface area contributed by atoms with Gasteiger partial charge in [-0.1, -0.05) is 37.3 Å². The Morgan fingerprint density at radius 3 is 2.55 bits per heavy atom. The van der Waals surface area contributed by atoms with Crippen LogP contribution < -0.4 is 10.6 Å². The number of benzene rings is 1. The van der Waals surface area contributed by atoms with Gasteiger partial charge in [0, 0.05) is 31.2 Å². The van der Waals surface area contributed by atoms with Crippen LogP contribution in [0.1, 0.15) is 33.3 Å².